The van der Waals surface area contributed by atoms with E-state index in [9.17, 15) is 9.90 Å². The van der Waals surface area contributed by atoms with Gasteiger partial charge in [-0.2, -0.15) is 10.1 Å². The van der Waals surface area contributed by atoms with Gasteiger partial charge in [0.05, 0.1) is 32.5 Å². The first-order valence-corrected chi connectivity index (χ1v) is 11.6. The first-order chi connectivity index (χ1) is 17.0. The maximum atomic E-state index is 13.9. The zero-order chi connectivity index (χ0) is 24.8. The van der Waals surface area contributed by atoms with Crippen LogP contribution in [0.2, 0.25) is 0 Å². The number of benzene rings is 1. The zero-order valence-corrected chi connectivity index (χ0v) is 20.3. The zero-order valence-electron chi connectivity index (χ0n) is 20.3. The second-order valence-electron chi connectivity index (χ2n) is 8.57. The Morgan fingerprint density at radius 3 is 2.74 bits per heavy atom. The summed E-state index contributed by atoms with van der Waals surface area (Å²) in [4.78, 5) is 22.1. The van der Waals surface area contributed by atoms with E-state index in [2.05, 4.69) is 20.5 Å². The fraction of sp³-hybridized carbons (Fsp3) is 0.400. The number of anilines is 1. The molecule has 1 unspecified atom stereocenters. The van der Waals surface area contributed by atoms with Crippen LogP contribution in [0.15, 0.2) is 48.8 Å². The van der Waals surface area contributed by atoms with Crippen molar-refractivity contribution in [2.75, 3.05) is 45.9 Å². The molecular weight excluding hydrogens is 448 g/mol. The smallest absolute Gasteiger partial charge is 0.326 e. The van der Waals surface area contributed by atoms with E-state index in [0.717, 1.165) is 22.4 Å². The van der Waals surface area contributed by atoms with Crippen LogP contribution in [-0.2, 0) is 6.54 Å². The van der Waals surface area contributed by atoms with Gasteiger partial charge < -0.3 is 24.8 Å². The number of hydrogen-bond acceptors (Lipinski definition) is 7. The van der Waals surface area contributed by atoms with Crippen LogP contribution in [0.3, 0.4) is 0 Å². The highest BCUT2D eigenvalue weighted by molar-refractivity contribution is 5.95. The number of ether oxygens (including phenoxy) is 2. The number of H-pyrrole nitrogens is 1. The van der Waals surface area contributed by atoms with E-state index in [0.29, 0.717) is 44.2 Å². The fourth-order valence-electron chi connectivity index (χ4n) is 4.64. The summed E-state index contributed by atoms with van der Waals surface area (Å²) in [6.45, 7) is 1.46. The summed E-state index contributed by atoms with van der Waals surface area (Å²) in [5, 5.41) is 20.0. The molecule has 1 aliphatic rings. The predicted octanol–water partition coefficient (Wildman–Crippen LogP) is 2.66. The molecule has 3 N–H and O–H groups in total. The van der Waals surface area contributed by atoms with Crippen LogP contribution in [0.25, 0.3) is 11.1 Å². The molecule has 10 nitrogen and oxygen atoms in total. The van der Waals surface area contributed by atoms with Gasteiger partial charge in [-0.1, -0.05) is 12.1 Å². The maximum absolute atomic E-state index is 13.9. The number of hydrogen-bond donors (Lipinski definition) is 3. The maximum Gasteiger partial charge on any atom is 0.326 e. The van der Waals surface area contributed by atoms with Crippen LogP contribution < -0.4 is 19.7 Å². The number of rotatable bonds is 11. The molecule has 1 aliphatic heterocycles. The number of methoxy groups -OCH3 is 2. The molecule has 2 aromatic heterocycles. The third kappa shape index (κ3) is 4.94. The number of urea groups is 1. The molecule has 3 heterocycles. The van der Waals surface area contributed by atoms with E-state index >= 15 is 0 Å². The molecule has 0 aliphatic carbocycles. The molecule has 0 saturated carbocycles. The molecule has 186 valence electrons. The van der Waals surface area contributed by atoms with Gasteiger partial charge in [0.15, 0.2) is 0 Å². The number of aromatic amines is 1. The second-order valence-corrected chi connectivity index (χ2v) is 8.57. The van der Waals surface area contributed by atoms with Crippen molar-refractivity contribution in [1.82, 2.24) is 25.4 Å². The van der Waals surface area contributed by atoms with Crippen molar-refractivity contribution >= 4 is 11.8 Å². The summed E-state index contributed by atoms with van der Waals surface area (Å²) < 4.78 is 10.9. The first-order valence-electron chi connectivity index (χ1n) is 11.6. The van der Waals surface area contributed by atoms with Gasteiger partial charge in [0.2, 0.25) is 5.88 Å². The van der Waals surface area contributed by atoms with Crippen molar-refractivity contribution in [2.45, 2.75) is 24.9 Å². The van der Waals surface area contributed by atoms with E-state index in [4.69, 9.17) is 9.47 Å². The first kappa shape index (κ1) is 24.5. The van der Waals surface area contributed by atoms with Crippen molar-refractivity contribution in [3.05, 3.63) is 54.4 Å². The lowest BCUT2D eigenvalue weighted by Crippen LogP contribution is -2.49. The highest BCUT2D eigenvalue weighted by Crippen LogP contribution is 2.38. The van der Waals surface area contributed by atoms with Crippen molar-refractivity contribution < 1.29 is 19.4 Å². The van der Waals surface area contributed by atoms with Crippen LogP contribution in [0, 0.1) is 0 Å². The lowest BCUT2D eigenvalue weighted by Gasteiger charge is -2.37. The van der Waals surface area contributed by atoms with Crippen molar-refractivity contribution in [1.29, 1.82) is 0 Å². The average Bonchev–Trinajstić information content (AvgIpc) is 3.51. The van der Waals surface area contributed by atoms with Crippen molar-refractivity contribution in [3.63, 3.8) is 0 Å². The summed E-state index contributed by atoms with van der Waals surface area (Å²) in [5.41, 5.74) is 2.00. The molecule has 1 saturated heterocycles. The molecule has 3 aromatic rings. The average molecular weight is 481 g/mol. The molecule has 0 bridgehead atoms. The summed E-state index contributed by atoms with van der Waals surface area (Å²) in [5.74, 6) is 1.64. The van der Waals surface area contributed by atoms with E-state index < -0.39 is 5.54 Å². The molecule has 0 spiro atoms. The Hall–Kier alpha value is -3.63. The topological polar surface area (TPSA) is 116 Å². The van der Waals surface area contributed by atoms with Gasteiger partial charge in [0, 0.05) is 30.5 Å². The fourth-order valence-corrected chi connectivity index (χ4v) is 4.64. The number of carbonyl (C=O) groups is 1. The number of aliphatic hydroxyl groups is 1. The number of carbonyl (C=O) groups excluding carboxylic acids is 1. The summed E-state index contributed by atoms with van der Waals surface area (Å²) >= 11 is 0. The third-order valence-corrected chi connectivity index (χ3v) is 6.50. The normalized spacial score (nSPS) is 17.8. The lowest BCUT2D eigenvalue weighted by atomic mass is 9.90. The molecule has 10 heteroatoms. The number of amides is 2. The Morgan fingerprint density at radius 2 is 2.06 bits per heavy atom. The van der Waals surface area contributed by atoms with E-state index in [1.165, 1.54) is 0 Å². The van der Waals surface area contributed by atoms with Crippen molar-refractivity contribution in [2.24, 2.45) is 0 Å². The predicted molar refractivity (Wildman–Crippen MR) is 133 cm³/mol. The van der Waals surface area contributed by atoms with Crippen LogP contribution in [0.1, 0.15) is 18.4 Å². The minimum Gasteiger partial charge on any atom is -0.497 e. The van der Waals surface area contributed by atoms with Gasteiger partial charge in [-0.05, 0) is 56.3 Å². The molecule has 4 rings (SSSR count). The summed E-state index contributed by atoms with van der Waals surface area (Å²) in [6.07, 6.45) is 4.59. The molecular formula is C25H32N6O4. The molecule has 1 aromatic carbocycles. The van der Waals surface area contributed by atoms with Crippen molar-refractivity contribution in [3.8, 4) is 22.8 Å². The highest BCUT2D eigenvalue weighted by Gasteiger charge is 2.49. The molecule has 1 fully saturated rings. The monoisotopic (exact) mass is 480 g/mol. The van der Waals surface area contributed by atoms with Gasteiger partial charge in [-0.15, -0.1) is 0 Å². The number of aromatic nitrogens is 3. The van der Waals surface area contributed by atoms with E-state index in [1.807, 2.05) is 48.3 Å². The second kappa shape index (κ2) is 10.7. The standard InChI is InChI=1S/C25H32N6O4/c1-26-11-9-25(10-12-32)17-30(24(33)31(25)16-18-5-4-6-20(13-18)34-2)22-8-7-21(23(29-22)35-3)19-14-27-28-15-19/h4-8,13-15,26,32H,9-12,16-17H2,1-3H3,(H,27,28). The van der Waals surface area contributed by atoms with Crippen LogP contribution in [-0.4, -0.2) is 77.7 Å². The third-order valence-electron chi connectivity index (χ3n) is 6.50. The number of nitrogens with zero attached hydrogens (tertiary/aromatic N) is 4. The Labute approximate surface area is 204 Å². The molecule has 35 heavy (non-hydrogen) atoms. The minimum atomic E-state index is -0.573. The Bertz CT molecular complexity index is 1140. The van der Waals surface area contributed by atoms with Gasteiger partial charge in [0.1, 0.15) is 11.6 Å². The van der Waals surface area contributed by atoms with Gasteiger partial charge in [0.25, 0.3) is 0 Å². The number of pyridine rings is 1. The number of aliphatic hydroxyl groups excluding tert-OH is 1. The van der Waals surface area contributed by atoms with Crippen LogP contribution in [0.4, 0.5) is 10.6 Å². The number of nitrogens with one attached hydrogen (secondary N) is 2. The summed E-state index contributed by atoms with van der Waals surface area (Å²) in [6, 6.07) is 11.2. The Morgan fingerprint density at radius 1 is 1.20 bits per heavy atom. The Balaban J connectivity index is 1.71. The molecule has 1 atom stereocenters. The largest absolute Gasteiger partial charge is 0.497 e. The van der Waals surface area contributed by atoms with Crippen LogP contribution >= 0.6 is 0 Å². The highest BCUT2D eigenvalue weighted by atomic mass is 16.5. The quantitative estimate of drug-likeness (QED) is 0.386. The SMILES string of the molecule is CNCCC1(CCO)CN(c2ccc(-c3cn[nH]c3)c(OC)n2)C(=O)N1Cc1cccc(OC)c1. The van der Waals surface area contributed by atoms with Gasteiger partial charge >= 0.3 is 6.03 Å². The molecule has 0 radical (unpaired) electrons. The van der Waals surface area contributed by atoms with Gasteiger partial charge in [-0.25, -0.2) is 4.79 Å². The van der Waals surface area contributed by atoms with Gasteiger partial charge in [-0.3, -0.25) is 10.00 Å². The summed E-state index contributed by atoms with van der Waals surface area (Å²) in [7, 11) is 5.06. The lowest BCUT2D eigenvalue weighted by molar-refractivity contribution is 0.111. The Kier molecular flexibility index (Phi) is 7.52. The van der Waals surface area contributed by atoms with E-state index in [1.54, 1.807) is 31.5 Å². The van der Waals surface area contributed by atoms with Crippen LogP contribution in [0.5, 0.6) is 11.6 Å². The van der Waals surface area contributed by atoms with E-state index in [-0.39, 0.29) is 12.6 Å². The minimum absolute atomic E-state index is 0.0321. The molecule has 2 amide bonds.